The van der Waals surface area contributed by atoms with E-state index in [0.717, 1.165) is 13.0 Å². The third-order valence-corrected chi connectivity index (χ3v) is 1.91. The molecule has 4 heteroatoms. The fraction of sp³-hybridized carbons (Fsp3) is 0.625. The number of ether oxygens (including phenoxy) is 1. The molecule has 0 amide bonds. The highest BCUT2D eigenvalue weighted by molar-refractivity contribution is 5.17. The molecule has 0 saturated carbocycles. The molecule has 1 aromatic heterocycles. The van der Waals surface area contributed by atoms with Crippen LogP contribution in [0.1, 0.15) is 19.4 Å². The molecule has 0 bridgehead atoms. The summed E-state index contributed by atoms with van der Waals surface area (Å²) in [5, 5.41) is 0. The highest BCUT2D eigenvalue weighted by atomic mass is 16.5. The van der Waals surface area contributed by atoms with Gasteiger partial charge in [0.1, 0.15) is 0 Å². The van der Waals surface area contributed by atoms with E-state index in [1.54, 1.807) is 13.3 Å². The van der Waals surface area contributed by atoms with E-state index in [1.807, 2.05) is 10.8 Å². The normalized spacial score (nSPS) is 13.2. The van der Waals surface area contributed by atoms with Crippen LogP contribution in [0.15, 0.2) is 12.4 Å². The molecule has 12 heavy (non-hydrogen) atoms. The summed E-state index contributed by atoms with van der Waals surface area (Å²) in [6.45, 7) is 2.84. The van der Waals surface area contributed by atoms with Crippen LogP contribution in [0.3, 0.4) is 0 Å². The van der Waals surface area contributed by atoms with Crippen LogP contribution in [-0.4, -0.2) is 23.3 Å². The summed E-state index contributed by atoms with van der Waals surface area (Å²) in [5.74, 6) is 0.568. The quantitative estimate of drug-likeness (QED) is 0.733. The van der Waals surface area contributed by atoms with E-state index in [4.69, 9.17) is 10.5 Å². The average molecular weight is 169 g/mol. The number of rotatable bonds is 4. The molecule has 0 aromatic carbocycles. The van der Waals surface area contributed by atoms with E-state index >= 15 is 0 Å². The van der Waals surface area contributed by atoms with Crippen molar-refractivity contribution < 1.29 is 4.74 Å². The SMILES string of the molecule is COCCC(C)n1ccnc1N. The van der Waals surface area contributed by atoms with Gasteiger partial charge >= 0.3 is 0 Å². The van der Waals surface area contributed by atoms with E-state index in [2.05, 4.69) is 11.9 Å². The first-order valence-corrected chi connectivity index (χ1v) is 4.03. The highest BCUT2D eigenvalue weighted by Crippen LogP contribution is 2.13. The van der Waals surface area contributed by atoms with Gasteiger partial charge in [0.05, 0.1) is 0 Å². The first-order chi connectivity index (χ1) is 5.75. The summed E-state index contributed by atoms with van der Waals surface area (Å²) in [5.41, 5.74) is 5.62. The van der Waals surface area contributed by atoms with Crippen molar-refractivity contribution in [3.8, 4) is 0 Å². The largest absolute Gasteiger partial charge is 0.385 e. The second-order valence-corrected chi connectivity index (χ2v) is 2.82. The lowest BCUT2D eigenvalue weighted by Crippen LogP contribution is -2.09. The smallest absolute Gasteiger partial charge is 0.200 e. The zero-order valence-electron chi connectivity index (χ0n) is 7.53. The van der Waals surface area contributed by atoms with Crippen LogP contribution in [0, 0.1) is 0 Å². The van der Waals surface area contributed by atoms with Gasteiger partial charge in [-0.15, -0.1) is 0 Å². The number of hydrogen-bond donors (Lipinski definition) is 1. The number of methoxy groups -OCH3 is 1. The second-order valence-electron chi connectivity index (χ2n) is 2.82. The second kappa shape index (κ2) is 4.11. The van der Waals surface area contributed by atoms with Gasteiger partial charge in [-0.25, -0.2) is 4.98 Å². The molecular weight excluding hydrogens is 154 g/mol. The zero-order chi connectivity index (χ0) is 8.97. The molecule has 0 fully saturated rings. The van der Waals surface area contributed by atoms with Crippen molar-refractivity contribution in [1.29, 1.82) is 0 Å². The van der Waals surface area contributed by atoms with Gasteiger partial charge in [0.2, 0.25) is 0 Å². The molecule has 1 rings (SSSR count). The van der Waals surface area contributed by atoms with E-state index in [0.29, 0.717) is 12.0 Å². The van der Waals surface area contributed by atoms with Crippen molar-refractivity contribution in [1.82, 2.24) is 9.55 Å². The van der Waals surface area contributed by atoms with Crippen LogP contribution >= 0.6 is 0 Å². The topological polar surface area (TPSA) is 53.1 Å². The van der Waals surface area contributed by atoms with Crippen LogP contribution in [0.2, 0.25) is 0 Å². The fourth-order valence-electron chi connectivity index (χ4n) is 1.12. The fourth-order valence-corrected chi connectivity index (χ4v) is 1.12. The van der Waals surface area contributed by atoms with Crippen molar-refractivity contribution in [2.75, 3.05) is 19.5 Å². The van der Waals surface area contributed by atoms with Crippen LogP contribution in [0.4, 0.5) is 5.95 Å². The minimum Gasteiger partial charge on any atom is -0.385 e. The van der Waals surface area contributed by atoms with Crippen molar-refractivity contribution in [3.05, 3.63) is 12.4 Å². The lowest BCUT2D eigenvalue weighted by atomic mass is 10.2. The minimum absolute atomic E-state index is 0.354. The van der Waals surface area contributed by atoms with Crippen LogP contribution < -0.4 is 5.73 Å². The number of nitrogen functional groups attached to an aromatic ring is 1. The average Bonchev–Trinajstić information content (AvgIpc) is 2.47. The molecular formula is C8H15N3O. The summed E-state index contributed by atoms with van der Waals surface area (Å²) < 4.78 is 6.92. The monoisotopic (exact) mass is 169 g/mol. The van der Waals surface area contributed by atoms with Crippen molar-refractivity contribution in [2.45, 2.75) is 19.4 Å². The molecule has 0 saturated heterocycles. The molecule has 0 aliphatic carbocycles. The molecule has 0 aliphatic rings. The Labute approximate surface area is 72.3 Å². The number of hydrogen-bond acceptors (Lipinski definition) is 3. The molecule has 0 radical (unpaired) electrons. The van der Waals surface area contributed by atoms with Crippen LogP contribution in [0.25, 0.3) is 0 Å². The van der Waals surface area contributed by atoms with Crippen molar-refractivity contribution in [3.63, 3.8) is 0 Å². The summed E-state index contributed by atoms with van der Waals surface area (Å²) in [6, 6.07) is 0.354. The highest BCUT2D eigenvalue weighted by Gasteiger charge is 2.06. The molecule has 0 aliphatic heterocycles. The number of imidazole rings is 1. The molecule has 68 valence electrons. The lowest BCUT2D eigenvalue weighted by molar-refractivity contribution is 0.181. The van der Waals surface area contributed by atoms with E-state index in [1.165, 1.54) is 0 Å². The summed E-state index contributed by atoms with van der Waals surface area (Å²) >= 11 is 0. The maximum atomic E-state index is 5.62. The lowest BCUT2D eigenvalue weighted by Gasteiger charge is -2.13. The van der Waals surface area contributed by atoms with Gasteiger partial charge < -0.3 is 15.0 Å². The first-order valence-electron chi connectivity index (χ1n) is 4.03. The summed E-state index contributed by atoms with van der Waals surface area (Å²) in [7, 11) is 1.70. The van der Waals surface area contributed by atoms with Gasteiger partial charge in [-0.05, 0) is 13.3 Å². The van der Waals surface area contributed by atoms with Gasteiger partial charge in [0, 0.05) is 32.2 Å². The summed E-state index contributed by atoms with van der Waals surface area (Å²) in [4.78, 5) is 3.95. The van der Waals surface area contributed by atoms with Gasteiger partial charge in [-0.3, -0.25) is 0 Å². The molecule has 4 nitrogen and oxygen atoms in total. The molecule has 2 N–H and O–H groups in total. The van der Waals surface area contributed by atoms with Crippen LogP contribution in [0.5, 0.6) is 0 Å². The van der Waals surface area contributed by atoms with E-state index in [-0.39, 0.29) is 0 Å². The van der Waals surface area contributed by atoms with Gasteiger partial charge in [-0.1, -0.05) is 0 Å². The minimum atomic E-state index is 0.354. The predicted molar refractivity (Wildman–Crippen MR) is 47.8 cm³/mol. The molecule has 1 unspecified atom stereocenters. The number of aromatic nitrogens is 2. The van der Waals surface area contributed by atoms with Crippen molar-refractivity contribution in [2.24, 2.45) is 0 Å². The van der Waals surface area contributed by atoms with Crippen LogP contribution in [-0.2, 0) is 4.74 Å². The number of nitrogens with two attached hydrogens (primary N) is 1. The number of anilines is 1. The van der Waals surface area contributed by atoms with Gasteiger partial charge in [0.25, 0.3) is 0 Å². The first kappa shape index (κ1) is 9.06. The van der Waals surface area contributed by atoms with Crippen molar-refractivity contribution >= 4 is 5.95 Å². The molecule has 0 spiro atoms. The Hall–Kier alpha value is -1.03. The van der Waals surface area contributed by atoms with E-state index in [9.17, 15) is 0 Å². The summed E-state index contributed by atoms with van der Waals surface area (Å²) in [6.07, 6.45) is 4.55. The Morgan fingerprint density at radius 1 is 1.75 bits per heavy atom. The molecule has 1 heterocycles. The zero-order valence-corrected chi connectivity index (χ0v) is 7.53. The third kappa shape index (κ3) is 1.98. The Morgan fingerprint density at radius 3 is 3.00 bits per heavy atom. The predicted octanol–water partition coefficient (Wildman–Crippen LogP) is 1.06. The Balaban J connectivity index is 2.52. The Morgan fingerprint density at radius 2 is 2.50 bits per heavy atom. The molecule has 1 atom stereocenters. The number of nitrogens with zero attached hydrogens (tertiary/aromatic N) is 2. The van der Waals surface area contributed by atoms with E-state index < -0.39 is 0 Å². The standard InChI is InChI=1S/C8H15N3O/c1-7(3-6-12-2)11-5-4-10-8(11)9/h4-5,7H,3,6H2,1-2H3,(H2,9,10). The Bertz CT molecular complexity index is 234. The molecule has 1 aromatic rings. The van der Waals surface area contributed by atoms with Gasteiger partial charge in [0.15, 0.2) is 5.95 Å². The Kier molecular flexibility index (Phi) is 3.10. The van der Waals surface area contributed by atoms with Gasteiger partial charge in [-0.2, -0.15) is 0 Å². The maximum Gasteiger partial charge on any atom is 0.200 e. The maximum absolute atomic E-state index is 5.62. The third-order valence-electron chi connectivity index (χ3n) is 1.91.